The molecule has 1 aliphatic rings. The Kier molecular flexibility index (Phi) is 4.15. The van der Waals surface area contributed by atoms with Gasteiger partial charge in [-0.3, -0.25) is 0 Å². The smallest absolute Gasteiger partial charge is 0.410 e. The second-order valence-electron chi connectivity index (χ2n) is 5.24. The lowest BCUT2D eigenvalue weighted by molar-refractivity contribution is -0.100. The molecule has 0 bridgehead atoms. The Labute approximate surface area is 96.0 Å². The second-order valence-corrected chi connectivity index (χ2v) is 5.24. The predicted molar refractivity (Wildman–Crippen MR) is 58.8 cm³/mol. The van der Waals surface area contributed by atoms with E-state index in [4.69, 9.17) is 14.9 Å². The molecule has 0 aromatic carbocycles. The molecule has 16 heavy (non-hydrogen) atoms. The van der Waals surface area contributed by atoms with Gasteiger partial charge in [0.25, 0.3) is 0 Å². The van der Waals surface area contributed by atoms with Crippen molar-refractivity contribution in [1.82, 2.24) is 4.90 Å². The van der Waals surface area contributed by atoms with E-state index >= 15 is 0 Å². The van der Waals surface area contributed by atoms with Crippen LogP contribution >= 0.6 is 0 Å². The first-order valence-electron chi connectivity index (χ1n) is 5.63. The van der Waals surface area contributed by atoms with Crippen LogP contribution in [0.1, 0.15) is 33.6 Å². The van der Waals surface area contributed by atoms with E-state index in [1.807, 2.05) is 20.8 Å². The molecule has 5 heteroatoms. The van der Waals surface area contributed by atoms with E-state index in [1.54, 1.807) is 4.90 Å². The van der Waals surface area contributed by atoms with Gasteiger partial charge in [0.1, 0.15) is 5.60 Å². The number of piperidine rings is 1. The van der Waals surface area contributed by atoms with Gasteiger partial charge < -0.3 is 19.8 Å². The number of carbonyl (C=O) groups excluding carboxylic acids is 1. The number of likely N-dealkylation sites (tertiary alicyclic amines) is 1. The standard InChI is InChI=1S/C11H21NO4/c1-11(2,3)16-10(15)12-6-4-5-8(7-12)9(13)14/h8-9,13-14H,4-7H2,1-3H3/t8-/m0/s1. The molecular formula is C11H21NO4. The number of nitrogens with zero attached hydrogens (tertiary/aromatic N) is 1. The lowest BCUT2D eigenvalue weighted by atomic mass is 9.98. The Morgan fingerprint density at radius 2 is 2.06 bits per heavy atom. The summed E-state index contributed by atoms with van der Waals surface area (Å²) >= 11 is 0. The number of amides is 1. The van der Waals surface area contributed by atoms with Crippen molar-refractivity contribution in [3.05, 3.63) is 0 Å². The zero-order valence-corrected chi connectivity index (χ0v) is 10.1. The molecule has 0 radical (unpaired) electrons. The molecule has 0 aliphatic carbocycles. The Bertz CT molecular complexity index is 247. The molecule has 1 rings (SSSR count). The van der Waals surface area contributed by atoms with Crippen LogP contribution in [-0.2, 0) is 4.74 Å². The van der Waals surface area contributed by atoms with E-state index in [9.17, 15) is 4.79 Å². The van der Waals surface area contributed by atoms with Crippen molar-refractivity contribution in [2.24, 2.45) is 5.92 Å². The summed E-state index contributed by atoms with van der Waals surface area (Å²) < 4.78 is 5.23. The minimum Gasteiger partial charge on any atom is -0.444 e. The molecule has 1 saturated heterocycles. The third kappa shape index (κ3) is 3.98. The Morgan fingerprint density at radius 1 is 1.44 bits per heavy atom. The summed E-state index contributed by atoms with van der Waals surface area (Å²) in [7, 11) is 0. The van der Waals surface area contributed by atoms with Crippen LogP contribution in [0.2, 0.25) is 0 Å². The van der Waals surface area contributed by atoms with Crippen molar-refractivity contribution in [2.75, 3.05) is 13.1 Å². The van der Waals surface area contributed by atoms with Gasteiger partial charge in [0, 0.05) is 19.0 Å². The van der Waals surface area contributed by atoms with Crippen LogP contribution in [0.15, 0.2) is 0 Å². The van der Waals surface area contributed by atoms with E-state index in [1.165, 1.54) is 0 Å². The summed E-state index contributed by atoms with van der Waals surface area (Å²) in [4.78, 5) is 13.3. The molecular weight excluding hydrogens is 210 g/mol. The second kappa shape index (κ2) is 5.01. The van der Waals surface area contributed by atoms with Crippen molar-refractivity contribution >= 4 is 6.09 Å². The molecule has 2 N–H and O–H groups in total. The molecule has 0 aromatic heterocycles. The van der Waals surface area contributed by atoms with E-state index in [-0.39, 0.29) is 12.0 Å². The molecule has 1 aliphatic heterocycles. The molecule has 5 nitrogen and oxygen atoms in total. The number of rotatable bonds is 1. The van der Waals surface area contributed by atoms with Gasteiger partial charge >= 0.3 is 6.09 Å². The van der Waals surface area contributed by atoms with E-state index < -0.39 is 11.9 Å². The molecule has 94 valence electrons. The SMILES string of the molecule is CC(C)(C)OC(=O)N1CCC[C@H](C(O)O)C1. The van der Waals surface area contributed by atoms with Gasteiger partial charge in [-0.05, 0) is 33.6 Å². The first-order chi connectivity index (χ1) is 7.29. The zero-order chi connectivity index (χ0) is 12.3. The number of aliphatic hydroxyl groups excluding tert-OH is 1. The molecule has 0 spiro atoms. The van der Waals surface area contributed by atoms with Crippen molar-refractivity contribution in [3.63, 3.8) is 0 Å². The maximum Gasteiger partial charge on any atom is 0.410 e. The van der Waals surface area contributed by atoms with Crippen LogP contribution in [-0.4, -0.2) is 46.2 Å². The largest absolute Gasteiger partial charge is 0.444 e. The molecule has 0 unspecified atom stereocenters. The highest BCUT2D eigenvalue weighted by Gasteiger charge is 2.30. The van der Waals surface area contributed by atoms with Crippen LogP contribution in [0.4, 0.5) is 4.79 Å². The molecule has 0 aromatic rings. The maximum absolute atomic E-state index is 11.7. The van der Waals surface area contributed by atoms with Crippen LogP contribution in [0.3, 0.4) is 0 Å². The van der Waals surface area contributed by atoms with Crippen LogP contribution in [0, 0.1) is 5.92 Å². The summed E-state index contributed by atoms with van der Waals surface area (Å²) in [6.07, 6.45) is -0.221. The average Bonchev–Trinajstić information content (AvgIpc) is 2.15. The van der Waals surface area contributed by atoms with Gasteiger partial charge in [0.15, 0.2) is 6.29 Å². The van der Waals surface area contributed by atoms with Gasteiger partial charge in [0.2, 0.25) is 0 Å². The normalized spacial score (nSPS) is 22.4. The van der Waals surface area contributed by atoms with Gasteiger partial charge in [0.05, 0.1) is 0 Å². The van der Waals surface area contributed by atoms with E-state index in [0.29, 0.717) is 13.1 Å². The fourth-order valence-corrected chi connectivity index (χ4v) is 1.75. The summed E-state index contributed by atoms with van der Waals surface area (Å²) in [6.45, 7) is 6.42. The molecule has 1 heterocycles. The van der Waals surface area contributed by atoms with Crippen molar-refractivity contribution in [1.29, 1.82) is 0 Å². The summed E-state index contributed by atoms with van der Waals surface area (Å²) in [5.74, 6) is -0.263. The fraction of sp³-hybridized carbons (Fsp3) is 0.909. The third-order valence-corrected chi connectivity index (χ3v) is 2.53. The third-order valence-electron chi connectivity index (χ3n) is 2.53. The predicted octanol–water partition coefficient (Wildman–Crippen LogP) is 0.944. The minimum atomic E-state index is -1.36. The van der Waals surface area contributed by atoms with Gasteiger partial charge in [-0.2, -0.15) is 0 Å². The molecule has 1 fully saturated rings. The monoisotopic (exact) mass is 231 g/mol. The zero-order valence-electron chi connectivity index (χ0n) is 10.1. The Balaban J connectivity index is 2.50. The maximum atomic E-state index is 11.7. The van der Waals surface area contributed by atoms with Crippen LogP contribution < -0.4 is 0 Å². The lowest BCUT2D eigenvalue weighted by Crippen LogP contribution is -2.45. The summed E-state index contributed by atoms with van der Waals surface area (Å²) in [5, 5.41) is 18.2. The fourth-order valence-electron chi connectivity index (χ4n) is 1.75. The van der Waals surface area contributed by atoms with Crippen LogP contribution in [0.5, 0.6) is 0 Å². The lowest BCUT2D eigenvalue weighted by Gasteiger charge is -2.34. The van der Waals surface area contributed by atoms with E-state index in [2.05, 4.69) is 0 Å². The molecule has 1 amide bonds. The van der Waals surface area contributed by atoms with Crippen molar-refractivity contribution in [3.8, 4) is 0 Å². The highest BCUT2D eigenvalue weighted by Crippen LogP contribution is 2.20. The molecule has 0 saturated carbocycles. The minimum absolute atomic E-state index is 0.263. The highest BCUT2D eigenvalue weighted by molar-refractivity contribution is 5.68. The highest BCUT2D eigenvalue weighted by atomic mass is 16.6. The van der Waals surface area contributed by atoms with Crippen LogP contribution in [0.25, 0.3) is 0 Å². The topological polar surface area (TPSA) is 70.0 Å². The van der Waals surface area contributed by atoms with Crippen molar-refractivity contribution in [2.45, 2.75) is 45.5 Å². The summed E-state index contributed by atoms with van der Waals surface area (Å²) in [6, 6.07) is 0. The number of carbonyl (C=O) groups is 1. The Hall–Kier alpha value is -0.810. The number of hydrogen-bond acceptors (Lipinski definition) is 4. The summed E-state index contributed by atoms with van der Waals surface area (Å²) in [5.41, 5.74) is -0.512. The Morgan fingerprint density at radius 3 is 2.56 bits per heavy atom. The van der Waals surface area contributed by atoms with Crippen molar-refractivity contribution < 1.29 is 19.7 Å². The average molecular weight is 231 g/mol. The quantitative estimate of drug-likeness (QED) is 0.659. The van der Waals surface area contributed by atoms with Gasteiger partial charge in [-0.25, -0.2) is 4.79 Å². The van der Waals surface area contributed by atoms with E-state index in [0.717, 1.165) is 12.8 Å². The van der Waals surface area contributed by atoms with Gasteiger partial charge in [-0.1, -0.05) is 0 Å². The molecule has 1 atom stereocenters. The van der Waals surface area contributed by atoms with Gasteiger partial charge in [-0.15, -0.1) is 0 Å². The number of hydrogen-bond donors (Lipinski definition) is 2. The number of ether oxygens (including phenoxy) is 1. The number of aliphatic hydroxyl groups is 2. The first-order valence-corrected chi connectivity index (χ1v) is 5.63. The first kappa shape index (κ1) is 13.3.